The number of hydrogen-bond donors (Lipinski definition) is 1. The zero-order valence-electron chi connectivity index (χ0n) is 9.50. The minimum absolute atomic E-state index is 0.238. The molecule has 0 saturated heterocycles. The zero-order chi connectivity index (χ0) is 11.6. The Morgan fingerprint density at radius 2 is 2.31 bits per heavy atom. The third kappa shape index (κ3) is 2.11. The minimum Gasteiger partial charge on any atom is -0.383 e. The molecule has 0 bridgehead atoms. The van der Waals surface area contributed by atoms with Crippen LogP contribution in [-0.2, 0) is 16.8 Å². The van der Waals surface area contributed by atoms with Crippen molar-refractivity contribution in [1.82, 2.24) is 0 Å². The van der Waals surface area contributed by atoms with Gasteiger partial charge in [-0.15, -0.1) is 0 Å². The van der Waals surface area contributed by atoms with Crippen molar-refractivity contribution in [2.45, 2.75) is 31.8 Å². The molecule has 3 heteroatoms. The monoisotopic (exact) mass is 224 g/mol. The Morgan fingerprint density at radius 3 is 3.06 bits per heavy atom. The molecule has 2 rings (SSSR count). The Balaban J connectivity index is 2.15. The molecule has 1 aliphatic rings. The predicted molar refractivity (Wildman–Crippen MR) is 59.7 cm³/mol. The van der Waals surface area contributed by atoms with Crippen molar-refractivity contribution in [3.8, 4) is 0 Å². The highest BCUT2D eigenvalue weighted by atomic mass is 19.1. The lowest BCUT2D eigenvalue weighted by Crippen LogP contribution is -2.29. The van der Waals surface area contributed by atoms with Gasteiger partial charge in [-0.25, -0.2) is 4.39 Å². The molecule has 1 atom stereocenters. The first-order valence-electron chi connectivity index (χ1n) is 5.75. The standard InChI is InChI=1S/C13H17FO2/c1-2-7-16-9-13(15)6-5-10-8-11(14)3-4-12(10)13/h3-4,8,15H,2,5-7,9H2,1H3. The summed E-state index contributed by atoms with van der Waals surface area (Å²) in [5.74, 6) is -0.238. The van der Waals surface area contributed by atoms with Crippen molar-refractivity contribution in [2.75, 3.05) is 13.2 Å². The fourth-order valence-corrected chi connectivity index (χ4v) is 2.23. The number of rotatable bonds is 4. The lowest BCUT2D eigenvalue weighted by atomic mass is 9.97. The largest absolute Gasteiger partial charge is 0.383 e. The first-order chi connectivity index (χ1) is 7.65. The summed E-state index contributed by atoms with van der Waals surface area (Å²) in [6, 6.07) is 4.58. The molecule has 2 nitrogen and oxygen atoms in total. The van der Waals surface area contributed by atoms with Crippen LogP contribution in [0.15, 0.2) is 18.2 Å². The first-order valence-corrected chi connectivity index (χ1v) is 5.75. The van der Waals surface area contributed by atoms with E-state index in [0.29, 0.717) is 19.6 Å². The molecule has 0 radical (unpaired) electrons. The van der Waals surface area contributed by atoms with Crippen LogP contribution in [0.2, 0.25) is 0 Å². The van der Waals surface area contributed by atoms with Crippen LogP contribution in [-0.4, -0.2) is 18.3 Å². The van der Waals surface area contributed by atoms with Crippen molar-refractivity contribution in [3.05, 3.63) is 35.1 Å². The number of aryl methyl sites for hydroxylation is 1. The second-order valence-electron chi connectivity index (χ2n) is 4.39. The SMILES string of the molecule is CCCOCC1(O)CCc2cc(F)ccc21. The van der Waals surface area contributed by atoms with Gasteiger partial charge in [0.25, 0.3) is 0 Å². The molecule has 0 amide bonds. The molecular weight excluding hydrogens is 207 g/mol. The summed E-state index contributed by atoms with van der Waals surface area (Å²) >= 11 is 0. The number of aliphatic hydroxyl groups is 1. The molecule has 1 unspecified atom stereocenters. The Bertz CT molecular complexity index is 378. The zero-order valence-corrected chi connectivity index (χ0v) is 9.50. The van der Waals surface area contributed by atoms with E-state index in [9.17, 15) is 9.50 Å². The summed E-state index contributed by atoms with van der Waals surface area (Å²) < 4.78 is 18.4. The van der Waals surface area contributed by atoms with Crippen LogP contribution in [0.4, 0.5) is 4.39 Å². The minimum atomic E-state index is -0.918. The van der Waals surface area contributed by atoms with Gasteiger partial charge in [-0.2, -0.15) is 0 Å². The van der Waals surface area contributed by atoms with E-state index in [2.05, 4.69) is 0 Å². The molecule has 0 heterocycles. The summed E-state index contributed by atoms with van der Waals surface area (Å²) in [5.41, 5.74) is 0.811. The second kappa shape index (κ2) is 4.52. The molecule has 0 aromatic heterocycles. The number of ether oxygens (including phenoxy) is 1. The van der Waals surface area contributed by atoms with Crippen LogP contribution >= 0.6 is 0 Å². The average molecular weight is 224 g/mol. The predicted octanol–water partition coefficient (Wildman–Crippen LogP) is 2.39. The third-order valence-electron chi connectivity index (χ3n) is 3.07. The van der Waals surface area contributed by atoms with E-state index in [1.54, 1.807) is 6.07 Å². The maximum Gasteiger partial charge on any atom is 0.123 e. The van der Waals surface area contributed by atoms with Crippen LogP contribution < -0.4 is 0 Å². The molecule has 0 aliphatic heterocycles. The van der Waals surface area contributed by atoms with Crippen molar-refractivity contribution in [3.63, 3.8) is 0 Å². The number of hydrogen-bond acceptors (Lipinski definition) is 2. The Hall–Kier alpha value is -0.930. The number of benzene rings is 1. The Kier molecular flexibility index (Phi) is 3.26. The first kappa shape index (κ1) is 11.6. The third-order valence-corrected chi connectivity index (χ3v) is 3.07. The van der Waals surface area contributed by atoms with Crippen LogP contribution in [0.25, 0.3) is 0 Å². The van der Waals surface area contributed by atoms with Gasteiger partial charge in [0.1, 0.15) is 11.4 Å². The highest BCUT2D eigenvalue weighted by Gasteiger charge is 2.36. The summed E-state index contributed by atoms with van der Waals surface area (Å²) in [6.07, 6.45) is 2.28. The maximum absolute atomic E-state index is 13.0. The summed E-state index contributed by atoms with van der Waals surface area (Å²) in [6.45, 7) is 2.99. The maximum atomic E-state index is 13.0. The highest BCUT2D eigenvalue weighted by Crippen LogP contribution is 2.37. The number of halogens is 1. The van der Waals surface area contributed by atoms with E-state index in [4.69, 9.17) is 4.74 Å². The summed E-state index contributed by atoms with van der Waals surface area (Å²) in [7, 11) is 0. The molecule has 0 spiro atoms. The van der Waals surface area contributed by atoms with Gasteiger partial charge in [0.2, 0.25) is 0 Å². The van der Waals surface area contributed by atoms with Crippen LogP contribution in [0.5, 0.6) is 0 Å². The van der Waals surface area contributed by atoms with E-state index in [1.165, 1.54) is 12.1 Å². The Morgan fingerprint density at radius 1 is 1.50 bits per heavy atom. The number of fused-ring (bicyclic) bond motifs is 1. The van der Waals surface area contributed by atoms with Gasteiger partial charge in [0.15, 0.2) is 0 Å². The molecule has 1 N–H and O–H groups in total. The average Bonchev–Trinajstić information content (AvgIpc) is 2.57. The van der Waals surface area contributed by atoms with E-state index < -0.39 is 5.60 Å². The lowest BCUT2D eigenvalue weighted by Gasteiger charge is -2.23. The van der Waals surface area contributed by atoms with Gasteiger partial charge in [-0.3, -0.25) is 0 Å². The molecule has 1 aromatic carbocycles. The van der Waals surface area contributed by atoms with E-state index in [-0.39, 0.29) is 5.82 Å². The van der Waals surface area contributed by atoms with Crippen LogP contribution in [0, 0.1) is 5.82 Å². The van der Waals surface area contributed by atoms with Gasteiger partial charge < -0.3 is 9.84 Å². The molecular formula is C13H17FO2. The molecule has 0 saturated carbocycles. The smallest absolute Gasteiger partial charge is 0.123 e. The Labute approximate surface area is 95.1 Å². The molecule has 16 heavy (non-hydrogen) atoms. The van der Waals surface area contributed by atoms with Gasteiger partial charge in [0, 0.05) is 6.61 Å². The second-order valence-corrected chi connectivity index (χ2v) is 4.39. The normalized spacial score (nSPS) is 23.4. The fraction of sp³-hybridized carbons (Fsp3) is 0.538. The van der Waals surface area contributed by atoms with Gasteiger partial charge >= 0.3 is 0 Å². The van der Waals surface area contributed by atoms with Crippen molar-refractivity contribution < 1.29 is 14.2 Å². The van der Waals surface area contributed by atoms with Crippen LogP contribution in [0.1, 0.15) is 30.9 Å². The molecule has 0 fully saturated rings. The van der Waals surface area contributed by atoms with Crippen LogP contribution in [0.3, 0.4) is 0 Å². The van der Waals surface area contributed by atoms with Crippen molar-refractivity contribution in [2.24, 2.45) is 0 Å². The topological polar surface area (TPSA) is 29.5 Å². The fourth-order valence-electron chi connectivity index (χ4n) is 2.23. The van der Waals surface area contributed by atoms with E-state index in [0.717, 1.165) is 24.0 Å². The van der Waals surface area contributed by atoms with Gasteiger partial charge in [-0.05, 0) is 42.5 Å². The summed E-state index contributed by atoms with van der Waals surface area (Å²) in [5, 5.41) is 10.4. The highest BCUT2D eigenvalue weighted by molar-refractivity contribution is 5.37. The molecule has 1 aromatic rings. The van der Waals surface area contributed by atoms with Gasteiger partial charge in [0.05, 0.1) is 6.61 Å². The van der Waals surface area contributed by atoms with Crippen molar-refractivity contribution in [1.29, 1.82) is 0 Å². The van der Waals surface area contributed by atoms with Gasteiger partial charge in [-0.1, -0.05) is 13.0 Å². The van der Waals surface area contributed by atoms with E-state index >= 15 is 0 Å². The van der Waals surface area contributed by atoms with E-state index in [1.807, 2.05) is 6.92 Å². The molecule has 1 aliphatic carbocycles. The molecule has 88 valence electrons. The van der Waals surface area contributed by atoms with Crippen molar-refractivity contribution >= 4 is 0 Å². The quantitative estimate of drug-likeness (QED) is 0.796. The summed E-state index contributed by atoms with van der Waals surface area (Å²) in [4.78, 5) is 0. The lowest BCUT2D eigenvalue weighted by molar-refractivity contribution is -0.0493.